The van der Waals surface area contributed by atoms with Crippen molar-refractivity contribution in [2.75, 3.05) is 13.1 Å². The van der Waals surface area contributed by atoms with Gasteiger partial charge in [0, 0.05) is 12.6 Å². The van der Waals surface area contributed by atoms with Crippen molar-refractivity contribution in [1.82, 2.24) is 4.90 Å². The summed E-state index contributed by atoms with van der Waals surface area (Å²) in [6.07, 6.45) is 2.39. The summed E-state index contributed by atoms with van der Waals surface area (Å²) in [5, 5.41) is 8.84. The Bertz CT molecular complexity index is 197. The van der Waals surface area contributed by atoms with E-state index in [2.05, 4.69) is 17.9 Å². The lowest BCUT2D eigenvalue weighted by atomic mass is 9.92. The summed E-state index contributed by atoms with van der Waals surface area (Å²) in [6.45, 7) is 5.91. The number of hydrogen-bond acceptors (Lipinski definition) is 3. The van der Waals surface area contributed by atoms with E-state index in [0.29, 0.717) is 12.0 Å². The fourth-order valence-electron chi connectivity index (χ4n) is 2.02. The molecule has 0 radical (unpaired) electrons. The Morgan fingerprint density at radius 2 is 2.31 bits per heavy atom. The number of nitriles is 1. The van der Waals surface area contributed by atoms with E-state index in [-0.39, 0.29) is 6.04 Å². The third kappa shape index (κ3) is 2.43. The molecule has 3 atom stereocenters. The van der Waals surface area contributed by atoms with Gasteiger partial charge < -0.3 is 5.73 Å². The average molecular weight is 181 g/mol. The molecule has 74 valence electrons. The molecule has 1 heterocycles. The summed E-state index contributed by atoms with van der Waals surface area (Å²) < 4.78 is 0. The molecule has 2 N–H and O–H groups in total. The Hall–Kier alpha value is -0.590. The molecule has 3 unspecified atom stereocenters. The molecule has 0 saturated carbocycles. The summed E-state index contributed by atoms with van der Waals surface area (Å²) in [4.78, 5) is 2.26. The lowest BCUT2D eigenvalue weighted by Gasteiger charge is -2.39. The highest BCUT2D eigenvalue weighted by atomic mass is 15.2. The molecule has 1 fully saturated rings. The molecule has 0 aromatic rings. The second kappa shape index (κ2) is 4.59. The number of nitrogens with zero attached hydrogens (tertiary/aromatic N) is 2. The van der Waals surface area contributed by atoms with Gasteiger partial charge in [0.05, 0.1) is 12.1 Å². The maximum Gasteiger partial charge on any atom is 0.0951 e. The highest BCUT2D eigenvalue weighted by Crippen LogP contribution is 2.22. The minimum absolute atomic E-state index is 0.0318. The van der Waals surface area contributed by atoms with Crippen molar-refractivity contribution in [2.45, 2.75) is 38.8 Å². The van der Waals surface area contributed by atoms with E-state index < -0.39 is 0 Å². The minimum Gasteiger partial charge on any atom is -0.330 e. The van der Waals surface area contributed by atoms with Crippen molar-refractivity contribution < 1.29 is 0 Å². The Morgan fingerprint density at radius 1 is 1.62 bits per heavy atom. The number of nitrogens with two attached hydrogens (primary N) is 1. The van der Waals surface area contributed by atoms with Gasteiger partial charge >= 0.3 is 0 Å². The van der Waals surface area contributed by atoms with Crippen LogP contribution in [-0.4, -0.2) is 30.1 Å². The third-order valence-electron chi connectivity index (χ3n) is 3.05. The van der Waals surface area contributed by atoms with E-state index in [1.807, 2.05) is 6.92 Å². The predicted octanol–water partition coefficient (Wildman–Crippen LogP) is 0.958. The zero-order chi connectivity index (χ0) is 9.84. The normalized spacial score (nSPS) is 32.5. The summed E-state index contributed by atoms with van der Waals surface area (Å²) >= 11 is 0. The van der Waals surface area contributed by atoms with Crippen LogP contribution in [0, 0.1) is 17.2 Å². The Labute approximate surface area is 80.5 Å². The summed E-state index contributed by atoms with van der Waals surface area (Å²) in [6, 6.07) is 2.87. The molecule has 0 bridgehead atoms. The van der Waals surface area contributed by atoms with Crippen LogP contribution in [-0.2, 0) is 0 Å². The Balaban J connectivity index is 2.55. The van der Waals surface area contributed by atoms with Crippen LogP contribution in [0.1, 0.15) is 26.7 Å². The molecule has 1 aliphatic rings. The van der Waals surface area contributed by atoms with Crippen molar-refractivity contribution in [3.8, 4) is 6.07 Å². The van der Waals surface area contributed by atoms with Crippen LogP contribution >= 0.6 is 0 Å². The van der Waals surface area contributed by atoms with Gasteiger partial charge in [-0.3, -0.25) is 4.90 Å². The van der Waals surface area contributed by atoms with E-state index in [4.69, 9.17) is 11.0 Å². The average Bonchev–Trinajstić information content (AvgIpc) is 2.17. The summed E-state index contributed by atoms with van der Waals surface area (Å²) in [5.74, 6) is 0.590. The van der Waals surface area contributed by atoms with Crippen molar-refractivity contribution in [3.63, 3.8) is 0 Å². The number of hydrogen-bond donors (Lipinski definition) is 1. The topological polar surface area (TPSA) is 53.0 Å². The van der Waals surface area contributed by atoms with Crippen LogP contribution in [0.4, 0.5) is 0 Å². The predicted molar refractivity (Wildman–Crippen MR) is 53.0 cm³/mol. The molecule has 0 aliphatic carbocycles. The summed E-state index contributed by atoms with van der Waals surface area (Å²) in [7, 11) is 0. The fraction of sp³-hybridized carbons (Fsp3) is 0.900. The van der Waals surface area contributed by atoms with Crippen molar-refractivity contribution in [2.24, 2.45) is 11.7 Å². The molecule has 13 heavy (non-hydrogen) atoms. The van der Waals surface area contributed by atoms with Crippen LogP contribution in [0.15, 0.2) is 0 Å². The van der Waals surface area contributed by atoms with Gasteiger partial charge in [-0.15, -0.1) is 0 Å². The first-order valence-electron chi connectivity index (χ1n) is 5.04. The highest BCUT2D eigenvalue weighted by Gasteiger charge is 2.27. The molecular weight excluding hydrogens is 162 g/mol. The molecule has 1 rings (SSSR count). The van der Waals surface area contributed by atoms with Gasteiger partial charge in [-0.25, -0.2) is 0 Å². The van der Waals surface area contributed by atoms with E-state index in [0.717, 1.165) is 13.1 Å². The van der Waals surface area contributed by atoms with Crippen LogP contribution in [0.3, 0.4) is 0 Å². The molecule has 1 saturated heterocycles. The van der Waals surface area contributed by atoms with Crippen LogP contribution < -0.4 is 5.73 Å². The molecule has 0 amide bonds. The lowest BCUT2D eigenvalue weighted by Crippen LogP contribution is -2.47. The quantitative estimate of drug-likeness (QED) is 0.690. The van der Waals surface area contributed by atoms with Gasteiger partial charge in [0.15, 0.2) is 0 Å². The zero-order valence-corrected chi connectivity index (χ0v) is 8.53. The number of likely N-dealkylation sites (tertiary alicyclic amines) is 1. The van der Waals surface area contributed by atoms with Gasteiger partial charge in [0.2, 0.25) is 0 Å². The van der Waals surface area contributed by atoms with E-state index >= 15 is 0 Å². The van der Waals surface area contributed by atoms with Gasteiger partial charge in [-0.1, -0.05) is 0 Å². The molecule has 3 heteroatoms. The van der Waals surface area contributed by atoms with E-state index in [1.54, 1.807) is 0 Å². The third-order valence-corrected chi connectivity index (χ3v) is 3.05. The van der Waals surface area contributed by atoms with E-state index in [1.165, 1.54) is 12.8 Å². The number of piperidine rings is 1. The smallest absolute Gasteiger partial charge is 0.0951 e. The van der Waals surface area contributed by atoms with Crippen molar-refractivity contribution >= 4 is 0 Å². The molecular formula is C10H19N3. The SMILES string of the molecule is CC(C#N)N1CC(CN)CCC1C. The molecule has 0 aromatic carbocycles. The highest BCUT2D eigenvalue weighted by molar-refractivity contribution is 4.93. The van der Waals surface area contributed by atoms with Crippen molar-refractivity contribution in [3.05, 3.63) is 0 Å². The van der Waals surface area contributed by atoms with E-state index in [9.17, 15) is 0 Å². The Kier molecular flexibility index (Phi) is 3.71. The summed E-state index contributed by atoms with van der Waals surface area (Å²) in [5.41, 5.74) is 5.64. The van der Waals surface area contributed by atoms with Crippen molar-refractivity contribution in [1.29, 1.82) is 5.26 Å². The zero-order valence-electron chi connectivity index (χ0n) is 8.53. The molecule has 0 spiro atoms. The van der Waals surface area contributed by atoms with Crippen LogP contribution in [0.25, 0.3) is 0 Å². The number of rotatable bonds is 2. The lowest BCUT2D eigenvalue weighted by molar-refractivity contribution is 0.103. The molecule has 3 nitrogen and oxygen atoms in total. The second-order valence-electron chi connectivity index (χ2n) is 4.03. The van der Waals surface area contributed by atoms with Gasteiger partial charge in [0.25, 0.3) is 0 Å². The first kappa shape index (κ1) is 10.5. The van der Waals surface area contributed by atoms with Crippen LogP contribution in [0.2, 0.25) is 0 Å². The van der Waals surface area contributed by atoms with Gasteiger partial charge in [-0.05, 0) is 39.2 Å². The van der Waals surface area contributed by atoms with Crippen LogP contribution in [0.5, 0.6) is 0 Å². The Morgan fingerprint density at radius 3 is 2.85 bits per heavy atom. The first-order chi connectivity index (χ1) is 6.19. The largest absolute Gasteiger partial charge is 0.330 e. The first-order valence-corrected chi connectivity index (χ1v) is 5.04. The molecule has 0 aromatic heterocycles. The maximum absolute atomic E-state index is 8.84. The second-order valence-corrected chi connectivity index (χ2v) is 4.03. The fourth-order valence-corrected chi connectivity index (χ4v) is 2.02. The standard InChI is InChI=1S/C10H19N3/c1-8-3-4-10(6-12)7-13(8)9(2)5-11/h8-10H,3-4,6-7,12H2,1-2H3. The van der Waals surface area contributed by atoms with Gasteiger partial charge in [0.1, 0.15) is 0 Å². The monoisotopic (exact) mass is 181 g/mol. The maximum atomic E-state index is 8.84. The molecule has 1 aliphatic heterocycles. The minimum atomic E-state index is 0.0318. The van der Waals surface area contributed by atoms with Gasteiger partial charge in [-0.2, -0.15) is 5.26 Å².